The molecule has 1 fully saturated rings. The Morgan fingerprint density at radius 2 is 2.07 bits per heavy atom. The van der Waals surface area contributed by atoms with Crippen LogP contribution in [0.25, 0.3) is 0 Å². The maximum atomic E-state index is 5.09. The summed E-state index contributed by atoms with van der Waals surface area (Å²) >= 11 is 1.63. The molecule has 1 aliphatic heterocycles. The van der Waals surface area contributed by atoms with Crippen LogP contribution in [0.5, 0.6) is 0 Å². The molecule has 4 rings (SSSR count). The first kappa shape index (κ1) is 19.9. The third kappa shape index (κ3) is 5.14. The van der Waals surface area contributed by atoms with Crippen molar-refractivity contribution in [2.45, 2.75) is 38.8 Å². The highest BCUT2D eigenvalue weighted by Gasteiger charge is 2.27. The molecule has 3 aromatic rings. The molecule has 0 radical (unpaired) electrons. The Balaban J connectivity index is 1.43. The molecule has 0 aromatic carbocycles. The molecule has 1 saturated heterocycles. The van der Waals surface area contributed by atoms with Crippen molar-refractivity contribution in [3.05, 3.63) is 58.7 Å². The van der Waals surface area contributed by atoms with Crippen molar-refractivity contribution >= 4 is 22.3 Å². The Bertz CT molecular complexity index is 929. The standard InChI is InChI=1S/C21H26N6OS/c1-15-11-24-21(29-15)26-20-7-3-5-17(25-20)18-6-4-9-27(18)14-16-12-22-19(23-13-16)8-10-28-2/h3,5,7,11-13,18H,4,6,8-10,14H2,1-2H3,(H,24,25,26). The van der Waals surface area contributed by atoms with Crippen molar-refractivity contribution in [3.8, 4) is 0 Å². The third-order valence-corrected chi connectivity index (χ3v) is 5.83. The molecule has 1 unspecified atom stereocenters. The lowest BCUT2D eigenvalue weighted by Crippen LogP contribution is -2.24. The lowest BCUT2D eigenvalue weighted by molar-refractivity contribution is 0.200. The van der Waals surface area contributed by atoms with Gasteiger partial charge in [-0.15, -0.1) is 11.3 Å². The smallest absolute Gasteiger partial charge is 0.188 e. The van der Waals surface area contributed by atoms with Crippen LogP contribution in [0.3, 0.4) is 0 Å². The molecule has 0 aliphatic carbocycles. The van der Waals surface area contributed by atoms with E-state index in [0.717, 1.165) is 54.0 Å². The number of ether oxygens (including phenoxy) is 1. The number of pyridine rings is 1. The zero-order valence-corrected chi connectivity index (χ0v) is 17.7. The molecule has 1 N–H and O–H groups in total. The number of methoxy groups -OCH3 is 1. The van der Waals surface area contributed by atoms with E-state index >= 15 is 0 Å². The van der Waals surface area contributed by atoms with Gasteiger partial charge >= 0.3 is 0 Å². The second-order valence-electron chi connectivity index (χ2n) is 7.23. The van der Waals surface area contributed by atoms with Gasteiger partial charge in [-0.1, -0.05) is 6.07 Å². The van der Waals surface area contributed by atoms with E-state index in [-0.39, 0.29) is 0 Å². The largest absolute Gasteiger partial charge is 0.384 e. The number of hydrogen-bond acceptors (Lipinski definition) is 8. The van der Waals surface area contributed by atoms with Crippen molar-refractivity contribution in [1.29, 1.82) is 0 Å². The zero-order chi connectivity index (χ0) is 20.1. The van der Waals surface area contributed by atoms with Crippen molar-refractivity contribution in [2.75, 3.05) is 25.6 Å². The monoisotopic (exact) mass is 410 g/mol. The molecule has 29 heavy (non-hydrogen) atoms. The summed E-state index contributed by atoms with van der Waals surface area (Å²) in [6.07, 6.45) is 8.76. The fourth-order valence-electron chi connectivity index (χ4n) is 3.60. The predicted molar refractivity (Wildman–Crippen MR) is 114 cm³/mol. The van der Waals surface area contributed by atoms with Crippen LogP contribution in [0.1, 0.15) is 40.8 Å². The molecule has 8 heteroatoms. The molecule has 152 valence electrons. The van der Waals surface area contributed by atoms with Crippen LogP contribution in [-0.4, -0.2) is 45.1 Å². The highest BCUT2D eigenvalue weighted by Crippen LogP contribution is 2.33. The van der Waals surface area contributed by atoms with Gasteiger partial charge in [0.2, 0.25) is 0 Å². The topological polar surface area (TPSA) is 76.1 Å². The van der Waals surface area contributed by atoms with E-state index in [1.165, 1.54) is 11.3 Å². The normalized spacial score (nSPS) is 17.0. The summed E-state index contributed by atoms with van der Waals surface area (Å²) in [5, 5.41) is 4.20. The van der Waals surface area contributed by atoms with E-state index in [1.807, 2.05) is 24.7 Å². The molecule has 0 saturated carbocycles. The molecule has 3 aromatic heterocycles. The van der Waals surface area contributed by atoms with Gasteiger partial charge in [0, 0.05) is 49.1 Å². The van der Waals surface area contributed by atoms with Gasteiger partial charge in [-0.2, -0.15) is 0 Å². The number of anilines is 2. The van der Waals surface area contributed by atoms with E-state index in [0.29, 0.717) is 12.6 Å². The summed E-state index contributed by atoms with van der Waals surface area (Å²) in [6.45, 7) is 4.59. The van der Waals surface area contributed by atoms with Crippen molar-refractivity contribution in [1.82, 2.24) is 24.8 Å². The van der Waals surface area contributed by atoms with Gasteiger partial charge in [0.1, 0.15) is 11.6 Å². The van der Waals surface area contributed by atoms with Gasteiger partial charge in [-0.3, -0.25) is 4.90 Å². The maximum absolute atomic E-state index is 5.09. The Morgan fingerprint density at radius 1 is 1.21 bits per heavy atom. The number of likely N-dealkylation sites (tertiary alicyclic amines) is 1. The summed E-state index contributed by atoms with van der Waals surface area (Å²) in [4.78, 5) is 21.8. The van der Waals surface area contributed by atoms with Crippen LogP contribution >= 0.6 is 11.3 Å². The van der Waals surface area contributed by atoms with Gasteiger partial charge in [-0.25, -0.2) is 19.9 Å². The summed E-state index contributed by atoms with van der Waals surface area (Å²) in [6, 6.07) is 6.48. The minimum Gasteiger partial charge on any atom is -0.384 e. The fourth-order valence-corrected chi connectivity index (χ4v) is 4.27. The SMILES string of the molecule is COCCc1ncc(CN2CCCC2c2cccc(Nc3ncc(C)s3)n2)cn1. The number of rotatable bonds is 8. The second-order valence-corrected chi connectivity index (χ2v) is 8.46. The number of aromatic nitrogens is 4. The zero-order valence-electron chi connectivity index (χ0n) is 16.8. The third-order valence-electron chi connectivity index (χ3n) is 5.01. The molecule has 1 aliphatic rings. The van der Waals surface area contributed by atoms with E-state index in [4.69, 9.17) is 9.72 Å². The van der Waals surface area contributed by atoms with Gasteiger partial charge in [0.25, 0.3) is 0 Å². The molecule has 0 amide bonds. The van der Waals surface area contributed by atoms with Crippen LogP contribution in [-0.2, 0) is 17.7 Å². The minimum atomic E-state index is 0.308. The number of thiazole rings is 1. The highest BCUT2D eigenvalue weighted by molar-refractivity contribution is 7.15. The van der Waals surface area contributed by atoms with Crippen LogP contribution in [0.15, 0.2) is 36.8 Å². The Morgan fingerprint density at radius 3 is 2.83 bits per heavy atom. The summed E-state index contributed by atoms with van der Waals surface area (Å²) < 4.78 is 5.09. The summed E-state index contributed by atoms with van der Waals surface area (Å²) in [5.74, 6) is 1.67. The average Bonchev–Trinajstić information content (AvgIpc) is 3.36. The van der Waals surface area contributed by atoms with Gasteiger partial charge in [-0.05, 0) is 38.4 Å². The van der Waals surface area contributed by atoms with E-state index < -0.39 is 0 Å². The number of hydrogen-bond donors (Lipinski definition) is 1. The molecular weight excluding hydrogens is 384 g/mol. The van der Waals surface area contributed by atoms with Crippen LogP contribution in [0.4, 0.5) is 10.9 Å². The second kappa shape index (κ2) is 9.39. The maximum Gasteiger partial charge on any atom is 0.188 e. The minimum absolute atomic E-state index is 0.308. The average molecular weight is 411 g/mol. The quantitative estimate of drug-likeness (QED) is 0.603. The van der Waals surface area contributed by atoms with Crippen molar-refractivity contribution < 1.29 is 4.74 Å². The highest BCUT2D eigenvalue weighted by atomic mass is 32.1. The van der Waals surface area contributed by atoms with E-state index in [1.54, 1.807) is 18.4 Å². The van der Waals surface area contributed by atoms with Gasteiger partial charge in [0.05, 0.1) is 18.3 Å². The molecule has 4 heterocycles. The van der Waals surface area contributed by atoms with E-state index in [9.17, 15) is 0 Å². The van der Waals surface area contributed by atoms with Gasteiger partial charge < -0.3 is 10.1 Å². The van der Waals surface area contributed by atoms with Crippen LogP contribution in [0.2, 0.25) is 0 Å². The molecule has 0 bridgehead atoms. The molecule has 7 nitrogen and oxygen atoms in total. The predicted octanol–water partition coefficient (Wildman–Crippen LogP) is 3.91. The summed E-state index contributed by atoms with van der Waals surface area (Å²) in [7, 11) is 1.69. The molecular formula is C21H26N6OS. The number of nitrogens with zero attached hydrogens (tertiary/aromatic N) is 5. The Kier molecular flexibility index (Phi) is 6.43. The first-order valence-corrected chi connectivity index (χ1v) is 10.7. The van der Waals surface area contributed by atoms with Crippen LogP contribution < -0.4 is 5.32 Å². The number of aryl methyl sites for hydroxylation is 1. The molecule has 0 spiro atoms. The summed E-state index contributed by atoms with van der Waals surface area (Å²) in [5.41, 5.74) is 2.23. The molecule has 1 atom stereocenters. The first-order chi connectivity index (χ1) is 14.2. The fraction of sp³-hybridized carbons (Fsp3) is 0.429. The van der Waals surface area contributed by atoms with Gasteiger partial charge in [0.15, 0.2) is 5.13 Å². The Labute approximate surface area is 175 Å². The lowest BCUT2D eigenvalue weighted by Gasteiger charge is -2.24. The lowest BCUT2D eigenvalue weighted by atomic mass is 10.1. The van der Waals surface area contributed by atoms with Crippen molar-refractivity contribution in [2.24, 2.45) is 0 Å². The number of nitrogens with one attached hydrogen (secondary N) is 1. The van der Waals surface area contributed by atoms with E-state index in [2.05, 4.69) is 44.2 Å². The first-order valence-electron chi connectivity index (χ1n) is 9.90. The van der Waals surface area contributed by atoms with Crippen LogP contribution in [0, 0.1) is 6.92 Å². The Hall–Kier alpha value is -2.42. The van der Waals surface area contributed by atoms with Crippen molar-refractivity contribution in [3.63, 3.8) is 0 Å².